The number of benzene rings is 3. The van der Waals surface area contributed by atoms with Gasteiger partial charge in [-0.2, -0.15) is 18.3 Å². The zero-order valence-corrected chi connectivity index (χ0v) is 22.4. The van der Waals surface area contributed by atoms with Crippen molar-refractivity contribution in [2.24, 2.45) is 7.05 Å². The Morgan fingerprint density at radius 3 is 1.98 bits per heavy atom. The topological polar surface area (TPSA) is 88.9 Å². The van der Waals surface area contributed by atoms with Gasteiger partial charge in [0.2, 0.25) is 5.91 Å². The van der Waals surface area contributed by atoms with E-state index in [1.165, 1.54) is 47.4 Å². The molecular weight excluding hydrogens is 543 g/mol. The average molecular weight is 570 g/mol. The van der Waals surface area contributed by atoms with Crippen LogP contribution in [-0.4, -0.2) is 32.6 Å². The van der Waals surface area contributed by atoms with Gasteiger partial charge in [0.25, 0.3) is 5.91 Å². The summed E-state index contributed by atoms with van der Waals surface area (Å²) in [5.74, 6) is -1.55. The van der Waals surface area contributed by atoms with Crippen LogP contribution in [0, 0.1) is 0 Å². The zero-order chi connectivity index (χ0) is 29.7. The molecule has 7 nitrogen and oxygen atoms in total. The SMILES string of the molecule is Cn1nccc1C(=O)N[C@H](C(=O)Nc1ccc(-c2ccncc2C(F)(F)F)cc1)C(c1ccccc1)c1ccccc1. The minimum Gasteiger partial charge on any atom is -0.338 e. The highest BCUT2D eigenvalue weighted by atomic mass is 19.4. The Bertz CT molecular complexity index is 1630. The Hall–Kier alpha value is -5.25. The fraction of sp³-hybridized carbons (Fsp3) is 0.125. The van der Waals surface area contributed by atoms with Gasteiger partial charge < -0.3 is 10.6 Å². The van der Waals surface area contributed by atoms with Crippen molar-refractivity contribution in [2.75, 3.05) is 5.32 Å². The van der Waals surface area contributed by atoms with E-state index in [4.69, 9.17) is 0 Å². The summed E-state index contributed by atoms with van der Waals surface area (Å²) >= 11 is 0. The summed E-state index contributed by atoms with van der Waals surface area (Å²) in [5.41, 5.74) is 1.68. The molecule has 2 heterocycles. The van der Waals surface area contributed by atoms with Crippen LogP contribution in [0.4, 0.5) is 18.9 Å². The van der Waals surface area contributed by atoms with E-state index < -0.39 is 35.5 Å². The maximum atomic E-state index is 13.9. The summed E-state index contributed by atoms with van der Waals surface area (Å²) in [7, 11) is 1.63. The lowest BCUT2D eigenvalue weighted by Crippen LogP contribution is -2.48. The lowest BCUT2D eigenvalue weighted by atomic mass is 9.84. The first-order valence-electron chi connectivity index (χ1n) is 13.0. The van der Waals surface area contributed by atoms with Crippen molar-refractivity contribution in [3.63, 3.8) is 0 Å². The predicted molar refractivity (Wildman–Crippen MR) is 152 cm³/mol. The van der Waals surface area contributed by atoms with E-state index in [1.807, 2.05) is 60.7 Å². The van der Waals surface area contributed by atoms with Crippen LogP contribution in [0.25, 0.3) is 11.1 Å². The molecule has 2 N–H and O–H groups in total. The van der Waals surface area contributed by atoms with E-state index in [0.717, 1.165) is 17.3 Å². The summed E-state index contributed by atoms with van der Waals surface area (Å²) in [6.07, 6.45) is -0.999. The summed E-state index contributed by atoms with van der Waals surface area (Å²) in [6, 6.07) is 26.5. The number of aryl methyl sites for hydroxylation is 1. The molecule has 3 aromatic carbocycles. The Balaban J connectivity index is 1.48. The molecule has 0 unspecified atom stereocenters. The molecule has 0 radical (unpaired) electrons. The second-order valence-electron chi connectivity index (χ2n) is 9.58. The number of nitrogens with one attached hydrogen (secondary N) is 2. The van der Waals surface area contributed by atoms with Crippen LogP contribution in [0.1, 0.15) is 33.1 Å². The van der Waals surface area contributed by atoms with E-state index in [-0.39, 0.29) is 11.3 Å². The standard InChI is InChI=1S/C32H26F3N5O2/c1-40-27(17-19-37-40)30(41)39-29(28(22-8-4-2-5-9-22)23-10-6-3-7-11-23)31(42)38-24-14-12-21(13-15-24)25-16-18-36-20-26(25)32(33,34)35/h2-20,28-29H,1H3,(H,38,42)(H,39,41)/t29-/m0/s1. The molecule has 0 aliphatic carbocycles. The van der Waals surface area contributed by atoms with Crippen molar-refractivity contribution in [3.05, 3.63) is 138 Å². The minimum atomic E-state index is -4.57. The predicted octanol–water partition coefficient (Wildman–Crippen LogP) is 6.07. The summed E-state index contributed by atoms with van der Waals surface area (Å²) in [4.78, 5) is 30.9. The zero-order valence-electron chi connectivity index (χ0n) is 22.4. The van der Waals surface area contributed by atoms with Crippen molar-refractivity contribution >= 4 is 17.5 Å². The molecule has 0 saturated carbocycles. The van der Waals surface area contributed by atoms with Crippen molar-refractivity contribution in [3.8, 4) is 11.1 Å². The Labute approximate surface area is 240 Å². The first-order valence-corrected chi connectivity index (χ1v) is 13.0. The summed E-state index contributed by atoms with van der Waals surface area (Å²) in [5, 5.41) is 9.79. The molecule has 0 fully saturated rings. The number of pyridine rings is 1. The number of nitrogens with zero attached hydrogens (tertiary/aromatic N) is 3. The maximum Gasteiger partial charge on any atom is 0.418 e. The van der Waals surface area contributed by atoms with E-state index >= 15 is 0 Å². The van der Waals surface area contributed by atoms with Gasteiger partial charge in [-0.25, -0.2) is 0 Å². The van der Waals surface area contributed by atoms with Gasteiger partial charge in [0.1, 0.15) is 11.7 Å². The smallest absolute Gasteiger partial charge is 0.338 e. The molecular formula is C32H26F3N5O2. The molecule has 42 heavy (non-hydrogen) atoms. The number of hydrogen-bond donors (Lipinski definition) is 2. The molecule has 5 rings (SSSR count). The van der Waals surface area contributed by atoms with Crippen LogP contribution in [0.2, 0.25) is 0 Å². The van der Waals surface area contributed by atoms with Crippen LogP contribution < -0.4 is 10.6 Å². The summed E-state index contributed by atoms with van der Waals surface area (Å²) < 4.78 is 42.0. The molecule has 0 aliphatic rings. The highest BCUT2D eigenvalue weighted by Gasteiger charge is 2.35. The quantitative estimate of drug-likeness (QED) is 0.237. The van der Waals surface area contributed by atoms with Crippen LogP contribution in [-0.2, 0) is 18.0 Å². The number of amides is 2. The second-order valence-corrected chi connectivity index (χ2v) is 9.58. The molecule has 0 spiro atoms. The van der Waals surface area contributed by atoms with E-state index in [0.29, 0.717) is 11.3 Å². The van der Waals surface area contributed by atoms with Gasteiger partial charge >= 0.3 is 6.18 Å². The number of carbonyl (C=O) groups excluding carboxylic acids is 2. The Morgan fingerprint density at radius 1 is 0.810 bits per heavy atom. The molecule has 0 saturated heterocycles. The number of carbonyl (C=O) groups is 2. The second kappa shape index (κ2) is 12.1. The van der Waals surface area contributed by atoms with Crippen molar-refractivity contribution in [2.45, 2.75) is 18.1 Å². The molecule has 5 aromatic rings. The van der Waals surface area contributed by atoms with Crippen LogP contribution in [0.5, 0.6) is 0 Å². The minimum absolute atomic E-state index is 0.0232. The first-order chi connectivity index (χ1) is 20.2. The lowest BCUT2D eigenvalue weighted by molar-refractivity contribution is -0.137. The Morgan fingerprint density at radius 2 is 1.43 bits per heavy atom. The van der Waals surface area contributed by atoms with E-state index in [2.05, 4.69) is 20.7 Å². The molecule has 2 amide bonds. The number of halogens is 3. The van der Waals surface area contributed by atoms with Gasteiger partial charge in [0.05, 0.1) is 5.56 Å². The largest absolute Gasteiger partial charge is 0.418 e. The lowest BCUT2D eigenvalue weighted by Gasteiger charge is -2.28. The molecule has 10 heteroatoms. The maximum absolute atomic E-state index is 13.9. The highest BCUT2D eigenvalue weighted by molar-refractivity contribution is 6.01. The molecule has 0 bridgehead atoms. The van der Waals surface area contributed by atoms with E-state index in [9.17, 15) is 22.8 Å². The van der Waals surface area contributed by atoms with Gasteiger partial charge in [-0.1, -0.05) is 72.8 Å². The third-order valence-electron chi connectivity index (χ3n) is 6.86. The van der Waals surface area contributed by atoms with Gasteiger partial charge in [0.15, 0.2) is 0 Å². The van der Waals surface area contributed by atoms with Gasteiger partial charge in [0, 0.05) is 37.2 Å². The van der Waals surface area contributed by atoms with Crippen molar-refractivity contribution in [1.29, 1.82) is 0 Å². The van der Waals surface area contributed by atoms with E-state index in [1.54, 1.807) is 13.1 Å². The third-order valence-corrected chi connectivity index (χ3v) is 6.86. The van der Waals surface area contributed by atoms with Crippen molar-refractivity contribution < 1.29 is 22.8 Å². The monoisotopic (exact) mass is 569 g/mol. The van der Waals surface area contributed by atoms with Crippen molar-refractivity contribution in [1.82, 2.24) is 20.1 Å². The molecule has 1 atom stereocenters. The van der Waals surface area contributed by atoms with Crippen LogP contribution in [0.3, 0.4) is 0 Å². The fourth-order valence-corrected chi connectivity index (χ4v) is 4.84. The molecule has 2 aromatic heterocycles. The third kappa shape index (κ3) is 6.22. The molecule has 212 valence electrons. The van der Waals surface area contributed by atoms with Gasteiger partial charge in [-0.3, -0.25) is 19.3 Å². The number of aromatic nitrogens is 3. The fourth-order valence-electron chi connectivity index (χ4n) is 4.84. The van der Waals surface area contributed by atoms with Gasteiger partial charge in [-0.15, -0.1) is 0 Å². The Kier molecular flexibility index (Phi) is 8.14. The average Bonchev–Trinajstić information content (AvgIpc) is 3.44. The summed E-state index contributed by atoms with van der Waals surface area (Å²) in [6.45, 7) is 0. The normalized spacial score (nSPS) is 12.1. The van der Waals surface area contributed by atoms with Gasteiger partial charge in [-0.05, 0) is 46.5 Å². The number of anilines is 1. The first kappa shape index (κ1) is 28.3. The number of alkyl halides is 3. The molecule has 0 aliphatic heterocycles. The highest BCUT2D eigenvalue weighted by Crippen LogP contribution is 2.37. The number of rotatable bonds is 8. The van der Waals surface area contributed by atoms with Crippen LogP contribution in [0.15, 0.2) is 116 Å². The number of hydrogen-bond acceptors (Lipinski definition) is 4. The van der Waals surface area contributed by atoms with Crippen LogP contribution >= 0.6 is 0 Å².